The zero-order chi connectivity index (χ0) is 27.0. The third-order valence-corrected chi connectivity index (χ3v) is 6.85. The fraction of sp³-hybridized carbons (Fsp3) is 0.643. The summed E-state index contributed by atoms with van der Waals surface area (Å²) < 4.78 is 0. The highest BCUT2D eigenvalue weighted by molar-refractivity contribution is 5.71. The fourth-order valence-electron chi connectivity index (χ4n) is 4.44. The number of nitrogens with two attached hydrogens (primary N) is 1. The molecule has 1 heterocycles. The van der Waals surface area contributed by atoms with E-state index < -0.39 is 18.5 Å². The highest BCUT2D eigenvalue weighted by atomic mass is 16.3. The Balaban J connectivity index is 1.70. The van der Waals surface area contributed by atoms with Crippen molar-refractivity contribution < 1.29 is 15.0 Å². The molecule has 37 heavy (non-hydrogen) atoms. The molecule has 0 saturated carbocycles. The average Bonchev–Trinajstić information content (AvgIpc) is 3.18. The van der Waals surface area contributed by atoms with Gasteiger partial charge in [0.1, 0.15) is 12.5 Å². The Labute approximate surface area is 223 Å². The maximum atomic E-state index is 11.0. The number of benzene rings is 1. The van der Waals surface area contributed by atoms with Gasteiger partial charge in [-0.05, 0) is 74.9 Å². The van der Waals surface area contributed by atoms with Crippen LogP contribution < -0.4 is 27.0 Å². The van der Waals surface area contributed by atoms with Gasteiger partial charge in [0.25, 0.3) is 0 Å². The second-order valence-corrected chi connectivity index (χ2v) is 10.3. The molecule has 8 N–H and O–H groups in total. The molecule has 9 nitrogen and oxygen atoms in total. The van der Waals surface area contributed by atoms with E-state index in [-0.39, 0.29) is 6.04 Å². The summed E-state index contributed by atoms with van der Waals surface area (Å²) in [6, 6.07) is 8.20. The van der Waals surface area contributed by atoms with Gasteiger partial charge in [-0.3, -0.25) is 0 Å². The van der Waals surface area contributed by atoms with Crippen LogP contribution in [0.1, 0.15) is 57.9 Å². The highest BCUT2D eigenvalue weighted by Gasteiger charge is 2.24. The smallest absolute Gasteiger partial charge is 0.312 e. The Morgan fingerprint density at radius 1 is 0.973 bits per heavy atom. The number of aliphatic hydroxyl groups is 2. The van der Waals surface area contributed by atoms with Crippen LogP contribution in [-0.2, 0) is 0 Å². The number of hydrogen-bond acceptors (Lipinski definition) is 7. The predicted octanol–water partition coefficient (Wildman–Crippen LogP) is 2.37. The normalized spacial score (nSPS) is 19.3. The van der Waals surface area contributed by atoms with Crippen molar-refractivity contribution in [2.45, 2.75) is 76.9 Å². The standard InChI is InChI=1S/C28H49N6O3/c1-21(2)25(30-16-6-4-5-7-18-34-26(35)14-15-27(34)36)20-33-24(9-8-17-31-28(29)37)19-32-23-12-10-22(3)11-13-23/h10-15,21,24-27,30,32-33,35-36H,3-9,16-20H2,1-2H3,(H3,29,31,37)/t24-,25-,26?,27?/m1/s1. The van der Waals surface area contributed by atoms with Crippen molar-refractivity contribution in [3.05, 3.63) is 48.9 Å². The first-order valence-corrected chi connectivity index (χ1v) is 13.7. The number of rotatable bonds is 19. The lowest BCUT2D eigenvalue weighted by atomic mass is 10.0. The summed E-state index contributed by atoms with van der Waals surface area (Å²) in [5.41, 5.74) is 7.25. The Hall–Kier alpha value is -2.17. The van der Waals surface area contributed by atoms with Gasteiger partial charge < -0.3 is 37.2 Å². The van der Waals surface area contributed by atoms with Crippen molar-refractivity contribution >= 4 is 11.7 Å². The predicted molar refractivity (Wildman–Crippen MR) is 151 cm³/mol. The summed E-state index contributed by atoms with van der Waals surface area (Å²) in [5.74, 6) is 0.493. The molecule has 2 rings (SSSR count). The van der Waals surface area contributed by atoms with Gasteiger partial charge in [0.2, 0.25) is 0 Å². The fourth-order valence-corrected chi connectivity index (χ4v) is 4.44. The quantitative estimate of drug-likeness (QED) is 0.111. The third-order valence-electron chi connectivity index (χ3n) is 6.85. The van der Waals surface area contributed by atoms with E-state index in [4.69, 9.17) is 5.73 Å². The minimum Gasteiger partial charge on any atom is -0.383 e. The van der Waals surface area contributed by atoms with E-state index >= 15 is 0 Å². The number of anilines is 1. The van der Waals surface area contributed by atoms with Crippen molar-refractivity contribution in [2.75, 3.05) is 38.0 Å². The molecule has 1 aliphatic rings. The van der Waals surface area contributed by atoms with Gasteiger partial charge >= 0.3 is 6.03 Å². The van der Waals surface area contributed by atoms with Crippen LogP contribution >= 0.6 is 0 Å². The minimum absolute atomic E-state index is 0.253. The first-order chi connectivity index (χ1) is 17.8. The van der Waals surface area contributed by atoms with Gasteiger partial charge in [0, 0.05) is 44.0 Å². The van der Waals surface area contributed by atoms with Gasteiger partial charge in [0.05, 0.1) is 0 Å². The minimum atomic E-state index is -0.663. The van der Waals surface area contributed by atoms with E-state index in [9.17, 15) is 15.0 Å². The molecule has 2 unspecified atom stereocenters. The molecule has 9 heteroatoms. The number of hydrogen-bond donors (Lipinski definition) is 7. The number of primary amides is 1. The van der Waals surface area contributed by atoms with Crippen LogP contribution in [0.5, 0.6) is 0 Å². The van der Waals surface area contributed by atoms with Crippen molar-refractivity contribution in [2.24, 2.45) is 11.7 Å². The molecule has 1 aliphatic heterocycles. The van der Waals surface area contributed by atoms with E-state index in [2.05, 4.69) is 42.0 Å². The number of nitrogens with zero attached hydrogens (tertiary/aromatic N) is 1. The molecule has 1 aromatic carbocycles. The first-order valence-electron chi connectivity index (χ1n) is 13.7. The molecule has 0 saturated heterocycles. The Bertz CT molecular complexity index is 777. The van der Waals surface area contributed by atoms with Crippen molar-refractivity contribution in [3.8, 4) is 0 Å². The number of aliphatic hydroxyl groups excluding tert-OH is 2. The second-order valence-electron chi connectivity index (χ2n) is 10.3. The monoisotopic (exact) mass is 517 g/mol. The number of amides is 2. The van der Waals surface area contributed by atoms with Crippen molar-refractivity contribution in [3.63, 3.8) is 0 Å². The van der Waals surface area contributed by atoms with Gasteiger partial charge in [0.15, 0.2) is 0 Å². The van der Waals surface area contributed by atoms with Gasteiger partial charge in [-0.15, -0.1) is 0 Å². The largest absolute Gasteiger partial charge is 0.383 e. The molecule has 0 bridgehead atoms. The molecule has 0 fully saturated rings. The summed E-state index contributed by atoms with van der Waals surface area (Å²) >= 11 is 0. The summed E-state index contributed by atoms with van der Waals surface area (Å²) in [6.45, 7) is 12.3. The van der Waals surface area contributed by atoms with Gasteiger partial charge in [-0.25, -0.2) is 9.69 Å². The van der Waals surface area contributed by atoms with Gasteiger partial charge in [-0.2, -0.15) is 0 Å². The molecule has 0 aliphatic carbocycles. The number of nitrogens with one attached hydrogen (secondary N) is 4. The Morgan fingerprint density at radius 2 is 1.65 bits per heavy atom. The molecule has 1 radical (unpaired) electrons. The molecule has 0 aromatic heterocycles. The van der Waals surface area contributed by atoms with Crippen LogP contribution in [0.3, 0.4) is 0 Å². The van der Waals surface area contributed by atoms with Crippen LogP contribution in [0.2, 0.25) is 0 Å². The van der Waals surface area contributed by atoms with Crippen LogP contribution in [0.4, 0.5) is 10.5 Å². The van der Waals surface area contributed by atoms with E-state index in [1.54, 1.807) is 17.1 Å². The average molecular weight is 518 g/mol. The van der Waals surface area contributed by atoms with Crippen molar-refractivity contribution in [1.29, 1.82) is 0 Å². The molecular weight excluding hydrogens is 468 g/mol. The number of carbonyl (C=O) groups excluding carboxylic acids is 1. The lowest BCUT2D eigenvalue weighted by molar-refractivity contribution is -0.0401. The Kier molecular flexibility index (Phi) is 14.6. The molecular formula is C28H49N6O3. The first kappa shape index (κ1) is 31.1. The van der Waals surface area contributed by atoms with Crippen LogP contribution in [-0.4, -0.2) is 78.4 Å². The SMILES string of the molecule is [CH2]c1ccc(NC[C@@H](CCCNC(N)=O)NC[C@@H](NCCCCCCN2C(O)C=CC2O)C(C)C)cc1. The molecule has 0 spiro atoms. The number of carbonyl (C=O) groups is 1. The Morgan fingerprint density at radius 3 is 2.30 bits per heavy atom. The topological polar surface area (TPSA) is 135 Å². The van der Waals surface area contributed by atoms with E-state index in [1.807, 2.05) is 24.3 Å². The zero-order valence-corrected chi connectivity index (χ0v) is 22.7. The number of unbranched alkanes of at least 4 members (excludes halogenated alkanes) is 3. The lowest BCUT2D eigenvalue weighted by Gasteiger charge is -2.27. The van der Waals surface area contributed by atoms with E-state index in [0.717, 1.165) is 69.4 Å². The summed E-state index contributed by atoms with van der Waals surface area (Å²) in [7, 11) is 0. The summed E-state index contributed by atoms with van der Waals surface area (Å²) in [4.78, 5) is 12.7. The maximum absolute atomic E-state index is 11.0. The van der Waals surface area contributed by atoms with Crippen LogP contribution in [0.15, 0.2) is 36.4 Å². The van der Waals surface area contributed by atoms with E-state index in [0.29, 0.717) is 25.0 Å². The summed E-state index contributed by atoms with van der Waals surface area (Å²) in [5, 5.41) is 33.3. The van der Waals surface area contributed by atoms with Crippen LogP contribution in [0.25, 0.3) is 0 Å². The highest BCUT2D eigenvalue weighted by Crippen LogP contribution is 2.14. The molecule has 1 aromatic rings. The third kappa shape index (κ3) is 12.8. The van der Waals surface area contributed by atoms with Gasteiger partial charge in [-0.1, -0.05) is 38.8 Å². The van der Waals surface area contributed by atoms with Crippen LogP contribution in [0, 0.1) is 12.8 Å². The zero-order valence-electron chi connectivity index (χ0n) is 22.7. The number of urea groups is 1. The summed E-state index contributed by atoms with van der Waals surface area (Å²) in [6.07, 6.45) is 7.95. The van der Waals surface area contributed by atoms with E-state index in [1.165, 1.54) is 0 Å². The lowest BCUT2D eigenvalue weighted by Crippen LogP contribution is -2.47. The molecule has 2 amide bonds. The molecule has 4 atom stereocenters. The van der Waals surface area contributed by atoms with Crippen molar-refractivity contribution in [1.82, 2.24) is 20.9 Å². The maximum Gasteiger partial charge on any atom is 0.312 e. The second kappa shape index (κ2) is 17.4. The molecule has 209 valence electrons.